The van der Waals surface area contributed by atoms with Gasteiger partial charge in [0, 0.05) is 17.9 Å². The number of carbonyl (C=O) groups excluding carboxylic acids is 2. The van der Waals surface area contributed by atoms with Crippen LogP contribution in [0.15, 0.2) is 36.5 Å². The quantitative estimate of drug-likeness (QED) is 0.775. The molecule has 2 N–H and O–H groups in total. The van der Waals surface area contributed by atoms with Crippen LogP contribution in [-0.2, 0) is 4.74 Å². The second kappa shape index (κ2) is 8.42. The van der Waals surface area contributed by atoms with Crippen molar-refractivity contribution in [2.45, 2.75) is 38.6 Å². The Morgan fingerprint density at radius 3 is 2.58 bits per heavy atom. The lowest BCUT2D eigenvalue weighted by Crippen LogP contribution is -2.33. The number of esters is 1. The minimum absolute atomic E-state index is 0.181. The Balaban J connectivity index is 1.64. The number of hydrogen-bond acceptors (Lipinski definition) is 6. The van der Waals surface area contributed by atoms with Gasteiger partial charge in [-0.2, -0.15) is 0 Å². The fourth-order valence-electron chi connectivity index (χ4n) is 2.91. The van der Waals surface area contributed by atoms with Gasteiger partial charge in [0.15, 0.2) is 0 Å². The zero-order chi connectivity index (χ0) is 18.4. The summed E-state index contributed by atoms with van der Waals surface area (Å²) in [6.07, 6.45) is 5.90. The summed E-state index contributed by atoms with van der Waals surface area (Å²) >= 11 is 0. The van der Waals surface area contributed by atoms with Crippen LogP contribution in [0, 0.1) is 0 Å². The molecule has 0 aliphatic heterocycles. The number of nitrogens with one attached hydrogen (secondary N) is 2. The molecule has 0 saturated heterocycles. The number of nitrogens with zero attached hydrogens (tertiary/aromatic N) is 2. The molecule has 0 atom stereocenters. The van der Waals surface area contributed by atoms with Gasteiger partial charge in [0.1, 0.15) is 5.69 Å². The number of ether oxygens (including phenoxy) is 1. The van der Waals surface area contributed by atoms with Crippen LogP contribution >= 0.6 is 0 Å². The Hall–Kier alpha value is -2.96. The van der Waals surface area contributed by atoms with E-state index in [0.717, 1.165) is 25.7 Å². The van der Waals surface area contributed by atoms with E-state index in [4.69, 9.17) is 4.74 Å². The second-order valence-electron chi connectivity index (χ2n) is 6.14. The smallest absolute Gasteiger partial charge is 0.338 e. The lowest BCUT2D eigenvalue weighted by Gasteiger charge is -2.12. The molecule has 1 saturated carbocycles. The molecular weight excluding hydrogens is 332 g/mol. The van der Waals surface area contributed by atoms with Crippen molar-refractivity contribution >= 4 is 23.5 Å². The third kappa shape index (κ3) is 4.56. The van der Waals surface area contributed by atoms with Gasteiger partial charge in [-0.1, -0.05) is 12.8 Å². The topological polar surface area (TPSA) is 93.2 Å². The van der Waals surface area contributed by atoms with Crippen molar-refractivity contribution in [3.8, 4) is 0 Å². The van der Waals surface area contributed by atoms with Crippen LogP contribution in [0.2, 0.25) is 0 Å². The molecule has 1 heterocycles. The molecule has 1 aromatic heterocycles. The van der Waals surface area contributed by atoms with Crippen molar-refractivity contribution in [2.75, 3.05) is 11.9 Å². The molecule has 2 aromatic rings. The van der Waals surface area contributed by atoms with Crippen LogP contribution in [0.25, 0.3) is 0 Å². The molecule has 1 amide bonds. The Morgan fingerprint density at radius 1 is 1.15 bits per heavy atom. The fourth-order valence-corrected chi connectivity index (χ4v) is 2.91. The van der Waals surface area contributed by atoms with Gasteiger partial charge in [0.25, 0.3) is 5.91 Å². The van der Waals surface area contributed by atoms with Crippen molar-refractivity contribution in [2.24, 2.45) is 0 Å². The van der Waals surface area contributed by atoms with E-state index in [2.05, 4.69) is 20.6 Å². The average molecular weight is 354 g/mol. The van der Waals surface area contributed by atoms with E-state index in [1.807, 2.05) is 0 Å². The fraction of sp³-hybridized carbons (Fsp3) is 0.368. The second-order valence-corrected chi connectivity index (χ2v) is 6.14. The zero-order valence-electron chi connectivity index (χ0n) is 14.7. The van der Waals surface area contributed by atoms with Crippen LogP contribution in [0.5, 0.6) is 0 Å². The van der Waals surface area contributed by atoms with E-state index >= 15 is 0 Å². The molecular formula is C19H22N4O3. The van der Waals surface area contributed by atoms with Gasteiger partial charge in [0.05, 0.1) is 12.2 Å². The molecule has 26 heavy (non-hydrogen) atoms. The normalized spacial score (nSPS) is 14.0. The maximum absolute atomic E-state index is 12.3. The third-order valence-corrected chi connectivity index (χ3v) is 4.23. The van der Waals surface area contributed by atoms with Gasteiger partial charge in [-0.15, -0.1) is 0 Å². The number of carbonyl (C=O) groups is 2. The van der Waals surface area contributed by atoms with Crippen LogP contribution in [-0.4, -0.2) is 34.5 Å². The van der Waals surface area contributed by atoms with Crippen molar-refractivity contribution < 1.29 is 14.3 Å². The maximum atomic E-state index is 12.3. The number of rotatable bonds is 6. The molecule has 0 radical (unpaired) electrons. The third-order valence-electron chi connectivity index (χ3n) is 4.23. The van der Waals surface area contributed by atoms with Gasteiger partial charge in [-0.25, -0.2) is 14.8 Å². The van der Waals surface area contributed by atoms with Crippen molar-refractivity contribution in [1.82, 2.24) is 15.3 Å². The number of hydrogen-bond donors (Lipinski definition) is 2. The van der Waals surface area contributed by atoms with E-state index in [9.17, 15) is 9.59 Å². The molecule has 0 bridgehead atoms. The summed E-state index contributed by atoms with van der Waals surface area (Å²) in [6.45, 7) is 2.10. The monoisotopic (exact) mass is 354 g/mol. The highest BCUT2D eigenvalue weighted by molar-refractivity contribution is 5.92. The lowest BCUT2D eigenvalue weighted by atomic mass is 10.2. The van der Waals surface area contributed by atoms with Gasteiger partial charge in [-0.05, 0) is 50.1 Å². The molecule has 1 aromatic carbocycles. The van der Waals surface area contributed by atoms with E-state index in [-0.39, 0.29) is 17.9 Å². The first kappa shape index (κ1) is 17.8. The number of aromatic nitrogens is 2. The van der Waals surface area contributed by atoms with Crippen molar-refractivity contribution in [3.05, 3.63) is 47.8 Å². The van der Waals surface area contributed by atoms with E-state index in [1.54, 1.807) is 43.5 Å². The summed E-state index contributed by atoms with van der Waals surface area (Å²) in [5.41, 5.74) is 1.52. The first-order chi connectivity index (χ1) is 12.7. The van der Waals surface area contributed by atoms with Crippen molar-refractivity contribution in [1.29, 1.82) is 0 Å². The number of benzene rings is 1. The van der Waals surface area contributed by atoms with E-state index < -0.39 is 0 Å². The van der Waals surface area contributed by atoms with Crippen LogP contribution in [0.3, 0.4) is 0 Å². The Bertz CT molecular complexity index is 771. The van der Waals surface area contributed by atoms with Crippen LogP contribution in [0.1, 0.15) is 53.5 Å². The molecule has 1 fully saturated rings. The highest BCUT2D eigenvalue weighted by atomic mass is 16.5. The summed E-state index contributed by atoms with van der Waals surface area (Å²) in [5.74, 6) is -0.214. The first-order valence-corrected chi connectivity index (χ1v) is 8.84. The van der Waals surface area contributed by atoms with Gasteiger partial charge >= 0.3 is 5.97 Å². The largest absolute Gasteiger partial charge is 0.462 e. The summed E-state index contributed by atoms with van der Waals surface area (Å²) in [5, 5.41) is 6.05. The first-order valence-electron chi connectivity index (χ1n) is 8.84. The summed E-state index contributed by atoms with van der Waals surface area (Å²) < 4.78 is 4.95. The summed E-state index contributed by atoms with van der Waals surface area (Å²) in [6, 6.07) is 8.64. The van der Waals surface area contributed by atoms with Crippen LogP contribution in [0.4, 0.5) is 11.6 Å². The molecule has 7 heteroatoms. The maximum Gasteiger partial charge on any atom is 0.338 e. The molecule has 3 rings (SSSR count). The predicted molar refractivity (Wildman–Crippen MR) is 97.4 cm³/mol. The highest BCUT2D eigenvalue weighted by Gasteiger charge is 2.19. The summed E-state index contributed by atoms with van der Waals surface area (Å²) in [4.78, 5) is 32.4. The highest BCUT2D eigenvalue weighted by Crippen LogP contribution is 2.18. The molecule has 1 aliphatic carbocycles. The molecule has 7 nitrogen and oxygen atoms in total. The molecule has 136 valence electrons. The minimum atomic E-state index is -0.360. The minimum Gasteiger partial charge on any atom is -0.462 e. The standard InChI is InChI=1S/C19H22N4O3/c1-2-26-18(25)13-7-9-15(10-8-13)22-19-20-12-11-16(23-19)17(24)21-14-5-3-4-6-14/h7-12,14H,2-6H2,1H3,(H,21,24)(H,20,22,23). The number of amides is 1. The molecule has 0 unspecified atom stereocenters. The number of anilines is 2. The predicted octanol–water partition coefficient (Wildman–Crippen LogP) is 3.07. The van der Waals surface area contributed by atoms with Gasteiger partial charge < -0.3 is 15.4 Å². The Labute approximate surface area is 152 Å². The lowest BCUT2D eigenvalue weighted by molar-refractivity contribution is 0.0526. The Kier molecular flexibility index (Phi) is 5.78. The summed E-state index contributed by atoms with van der Waals surface area (Å²) in [7, 11) is 0. The Morgan fingerprint density at radius 2 is 1.88 bits per heavy atom. The molecule has 0 spiro atoms. The van der Waals surface area contributed by atoms with Gasteiger partial charge in [0.2, 0.25) is 5.95 Å². The SMILES string of the molecule is CCOC(=O)c1ccc(Nc2nccc(C(=O)NC3CCCC3)n2)cc1. The van der Waals surface area contributed by atoms with E-state index in [0.29, 0.717) is 29.5 Å². The van der Waals surface area contributed by atoms with Crippen molar-refractivity contribution in [3.63, 3.8) is 0 Å². The zero-order valence-corrected chi connectivity index (χ0v) is 14.7. The average Bonchev–Trinajstić information content (AvgIpc) is 3.16. The van der Waals surface area contributed by atoms with E-state index in [1.165, 1.54) is 0 Å². The van der Waals surface area contributed by atoms with Gasteiger partial charge in [-0.3, -0.25) is 4.79 Å². The van der Waals surface area contributed by atoms with Crippen LogP contribution < -0.4 is 10.6 Å². The molecule has 1 aliphatic rings.